The molecule has 2 aromatic carbocycles. The molecule has 1 unspecified atom stereocenters. The van der Waals surface area contributed by atoms with Crippen molar-refractivity contribution >= 4 is 17.5 Å². The average molecular weight is 460 g/mol. The van der Waals surface area contributed by atoms with Gasteiger partial charge in [0.1, 0.15) is 5.92 Å². The van der Waals surface area contributed by atoms with Crippen LogP contribution in [-0.2, 0) is 14.3 Å². The number of nitrogens with zero attached hydrogens (tertiary/aromatic N) is 1. The van der Waals surface area contributed by atoms with Gasteiger partial charge in [0.15, 0.2) is 17.3 Å². The van der Waals surface area contributed by atoms with Crippen LogP contribution in [0.2, 0.25) is 0 Å². The van der Waals surface area contributed by atoms with Crippen molar-refractivity contribution in [2.24, 2.45) is 10.9 Å². The van der Waals surface area contributed by atoms with Crippen LogP contribution in [0.15, 0.2) is 64.8 Å². The zero-order valence-electron chi connectivity index (χ0n) is 19.7. The first-order valence-electron chi connectivity index (χ1n) is 11.9. The van der Waals surface area contributed by atoms with Crippen LogP contribution in [0.5, 0.6) is 11.5 Å². The summed E-state index contributed by atoms with van der Waals surface area (Å²) in [7, 11) is 0. The molecular formula is C28H29NO5. The zero-order chi connectivity index (χ0) is 23.8. The van der Waals surface area contributed by atoms with Crippen LogP contribution in [0.4, 0.5) is 0 Å². The molecule has 34 heavy (non-hydrogen) atoms. The molecule has 0 saturated carbocycles. The Kier molecular flexibility index (Phi) is 5.98. The number of aliphatic imine (C=N–C) groups is 1. The number of fused-ring (bicyclic) bond motifs is 1. The Morgan fingerprint density at radius 1 is 1.09 bits per heavy atom. The van der Waals surface area contributed by atoms with Crippen molar-refractivity contribution in [1.29, 1.82) is 0 Å². The van der Waals surface area contributed by atoms with Gasteiger partial charge in [0, 0.05) is 29.3 Å². The van der Waals surface area contributed by atoms with E-state index in [9.17, 15) is 9.59 Å². The molecule has 0 amide bonds. The highest BCUT2D eigenvalue weighted by Gasteiger charge is 2.45. The lowest BCUT2D eigenvalue weighted by atomic mass is 9.69. The maximum Gasteiger partial charge on any atom is 0.315 e. The first-order chi connectivity index (χ1) is 16.5. The second kappa shape index (κ2) is 9.09. The molecule has 3 aliphatic rings. The number of esters is 1. The number of hydrogen-bond donors (Lipinski definition) is 0. The number of hydrogen-bond acceptors (Lipinski definition) is 6. The Hall–Kier alpha value is -3.41. The Balaban J connectivity index is 1.58. The number of carbonyl (C=O) groups is 2. The largest absolute Gasteiger partial charge is 0.462 e. The number of ether oxygens (including phenoxy) is 3. The predicted molar refractivity (Wildman–Crippen MR) is 128 cm³/mol. The molecule has 2 aliphatic heterocycles. The fraction of sp³-hybridized carbons (Fsp3) is 0.393. The molecule has 0 bridgehead atoms. The summed E-state index contributed by atoms with van der Waals surface area (Å²) in [6.45, 7) is 5.88. The normalized spacial score (nSPS) is 24.4. The van der Waals surface area contributed by atoms with Crippen molar-refractivity contribution in [2.75, 3.05) is 6.79 Å². The number of benzene rings is 2. The van der Waals surface area contributed by atoms with Gasteiger partial charge in [-0.05, 0) is 55.9 Å². The lowest BCUT2D eigenvalue weighted by Gasteiger charge is -2.37. The summed E-state index contributed by atoms with van der Waals surface area (Å²) in [5.74, 6) is -0.0763. The summed E-state index contributed by atoms with van der Waals surface area (Å²) >= 11 is 0. The molecule has 176 valence electrons. The molecule has 5 rings (SSSR count). The third kappa shape index (κ3) is 4.02. The number of Topliss-reactive ketones (excluding diaryl/α,β-unsaturated/α-hetero) is 1. The van der Waals surface area contributed by atoms with Crippen LogP contribution >= 0.6 is 0 Å². The van der Waals surface area contributed by atoms with Crippen LogP contribution in [0, 0.1) is 5.92 Å². The van der Waals surface area contributed by atoms with E-state index in [4.69, 9.17) is 19.2 Å². The van der Waals surface area contributed by atoms with Gasteiger partial charge in [-0.15, -0.1) is 0 Å². The molecule has 4 atom stereocenters. The fourth-order valence-electron chi connectivity index (χ4n) is 5.15. The molecule has 1 aliphatic carbocycles. The van der Waals surface area contributed by atoms with E-state index in [0.29, 0.717) is 35.6 Å². The Morgan fingerprint density at radius 2 is 1.85 bits per heavy atom. The Morgan fingerprint density at radius 3 is 2.62 bits per heavy atom. The van der Waals surface area contributed by atoms with Crippen LogP contribution in [0.1, 0.15) is 63.0 Å². The van der Waals surface area contributed by atoms with Gasteiger partial charge < -0.3 is 14.2 Å². The number of ketones is 1. The van der Waals surface area contributed by atoms with Crippen molar-refractivity contribution in [3.8, 4) is 11.5 Å². The summed E-state index contributed by atoms with van der Waals surface area (Å²) in [4.78, 5) is 31.9. The van der Waals surface area contributed by atoms with E-state index >= 15 is 0 Å². The summed E-state index contributed by atoms with van der Waals surface area (Å²) < 4.78 is 16.8. The van der Waals surface area contributed by atoms with Crippen LogP contribution in [-0.4, -0.2) is 30.4 Å². The SMILES string of the molecule is CC[C@H](C)OC(=O)C1C(C)=NC2=C(C(=O)C[C@H](c3ccccc3)C2)[C@H]1c1ccc2c(c1)OCO2. The van der Waals surface area contributed by atoms with Gasteiger partial charge in [0.25, 0.3) is 0 Å². The predicted octanol–water partition coefficient (Wildman–Crippen LogP) is 5.33. The number of carbonyl (C=O) groups excluding carboxylic acids is 2. The van der Waals surface area contributed by atoms with Crippen LogP contribution < -0.4 is 9.47 Å². The van der Waals surface area contributed by atoms with E-state index < -0.39 is 11.8 Å². The molecule has 6 nitrogen and oxygen atoms in total. The second-order valence-electron chi connectivity index (χ2n) is 9.28. The van der Waals surface area contributed by atoms with Crippen molar-refractivity contribution in [3.63, 3.8) is 0 Å². The molecule has 0 N–H and O–H groups in total. The van der Waals surface area contributed by atoms with Crippen molar-refractivity contribution < 1.29 is 23.8 Å². The van der Waals surface area contributed by atoms with Gasteiger partial charge in [-0.25, -0.2) is 0 Å². The zero-order valence-corrected chi connectivity index (χ0v) is 19.7. The quantitative estimate of drug-likeness (QED) is 0.565. The van der Waals surface area contributed by atoms with E-state index in [1.54, 1.807) is 0 Å². The minimum atomic E-state index is -0.662. The Labute approximate surface area is 199 Å². The van der Waals surface area contributed by atoms with Crippen molar-refractivity contribution in [1.82, 2.24) is 0 Å². The van der Waals surface area contributed by atoms with Gasteiger partial charge in [-0.2, -0.15) is 0 Å². The molecule has 0 fully saturated rings. The second-order valence-corrected chi connectivity index (χ2v) is 9.28. The van der Waals surface area contributed by atoms with Gasteiger partial charge in [-0.1, -0.05) is 43.3 Å². The standard InChI is InChI=1S/C28H29NO5/c1-4-16(2)34-28(31)25-17(3)29-21-12-20(18-8-6-5-7-9-18)13-22(30)27(21)26(25)19-10-11-23-24(14-19)33-15-32-23/h5-11,14,16,20,25-26H,4,12-13,15H2,1-3H3/t16-,20+,25?,26-/m0/s1. The minimum Gasteiger partial charge on any atom is -0.462 e. The fourth-order valence-corrected chi connectivity index (χ4v) is 5.15. The highest BCUT2D eigenvalue weighted by molar-refractivity contribution is 6.09. The lowest BCUT2D eigenvalue weighted by Crippen LogP contribution is -2.39. The first-order valence-corrected chi connectivity index (χ1v) is 11.9. The third-order valence-corrected chi connectivity index (χ3v) is 7.06. The molecule has 6 heteroatoms. The van der Waals surface area contributed by atoms with Gasteiger partial charge in [0.05, 0.1) is 6.10 Å². The molecule has 0 radical (unpaired) electrons. The van der Waals surface area contributed by atoms with Gasteiger partial charge in [-0.3, -0.25) is 14.6 Å². The average Bonchev–Trinajstić information content (AvgIpc) is 3.31. The maximum absolute atomic E-state index is 13.6. The van der Waals surface area contributed by atoms with E-state index in [0.717, 1.165) is 23.2 Å². The highest BCUT2D eigenvalue weighted by atomic mass is 16.7. The number of allylic oxidation sites excluding steroid dienone is 2. The van der Waals surface area contributed by atoms with E-state index in [1.807, 2.05) is 57.2 Å². The Bertz CT molecular complexity index is 1180. The van der Waals surface area contributed by atoms with E-state index in [2.05, 4.69) is 12.1 Å². The van der Waals surface area contributed by atoms with Crippen LogP contribution in [0.3, 0.4) is 0 Å². The summed E-state index contributed by atoms with van der Waals surface area (Å²) in [5, 5.41) is 0. The van der Waals surface area contributed by atoms with E-state index in [1.165, 1.54) is 0 Å². The maximum atomic E-state index is 13.6. The monoisotopic (exact) mass is 459 g/mol. The molecular weight excluding hydrogens is 430 g/mol. The summed E-state index contributed by atoms with van der Waals surface area (Å²) in [5.41, 5.74) is 4.05. The number of rotatable bonds is 5. The summed E-state index contributed by atoms with van der Waals surface area (Å²) in [6, 6.07) is 15.7. The molecule has 0 aromatic heterocycles. The minimum absolute atomic E-state index is 0.0374. The smallest absolute Gasteiger partial charge is 0.315 e. The highest BCUT2D eigenvalue weighted by Crippen LogP contribution is 2.48. The lowest BCUT2D eigenvalue weighted by molar-refractivity contribution is -0.151. The molecule has 0 saturated heterocycles. The molecule has 2 aromatic rings. The van der Waals surface area contributed by atoms with Crippen LogP contribution in [0.25, 0.3) is 0 Å². The third-order valence-electron chi connectivity index (χ3n) is 7.06. The first kappa shape index (κ1) is 22.4. The van der Waals surface area contributed by atoms with Gasteiger partial charge in [0.2, 0.25) is 6.79 Å². The topological polar surface area (TPSA) is 74.2 Å². The van der Waals surface area contributed by atoms with Crippen molar-refractivity contribution in [2.45, 2.75) is 58.0 Å². The van der Waals surface area contributed by atoms with Gasteiger partial charge >= 0.3 is 5.97 Å². The van der Waals surface area contributed by atoms with E-state index in [-0.39, 0.29) is 30.6 Å². The molecule has 2 heterocycles. The summed E-state index contributed by atoms with van der Waals surface area (Å²) in [6.07, 6.45) is 1.56. The molecule has 0 spiro atoms. The van der Waals surface area contributed by atoms with Crippen molar-refractivity contribution in [3.05, 3.63) is 70.9 Å².